The first-order chi connectivity index (χ1) is 16.7. The summed E-state index contributed by atoms with van der Waals surface area (Å²) < 4.78 is 48.4. The number of hydrogen-bond acceptors (Lipinski definition) is 5. The molecule has 1 atom stereocenters. The van der Waals surface area contributed by atoms with Crippen LogP contribution >= 0.6 is 0 Å². The van der Waals surface area contributed by atoms with Gasteiger partial charge < -0.3 is 20.1 Å². The number of ether oxygens (including phenoxy) is 2. The summed E-state index contributed by atoms with van der Waals surface area (Å²) in [6, 6.07) is 12.2. The van der Waals surface area contributed by atoms with Gasteiger partial charge in [-0.2, -0.15) is 13.2 Å². The number of hydrogen-bond donors (Lipinski definition) is 2. The molecule has 0 heterocycles. The van der Waals surface area contributed by atoms with E-state index in [1.165, 1.54) is 12.1 Å². The number of nitrogens with one attached hydrogen (secondary N) is 2. The second kappa shape index (κ2) is 14.0. The van der Waals surface area contributed by atoms with Gasteiger partial charge in [-0.1, -0.05) is 55.8 Å². The molecule has 190 valence electrons. The fourth-order valence-electron chi connectivity index (χ4n) is 2.96. The zero-order chi connectivity index (χ0) is 25.7. The third-order valence-corrected chi connectivity index (χ3v) is 4.97. The van der Waals surface area contributed by atoms with Crippen LogP contribution in [0.15, 0.2) is 54.6 Å². The van der Waals surface area contributed by atoms with E-state index in [1.54, 1.807) is 24.3 Å². The largest absolute Gasteiger partial charge is 0.466 e. The summed E-state index contributed by atoms with van der Waals surface area (Å²) in [6.07, 6.45) is -3.87. The van der Waals surface area contributed by atoms with E-state index in [-0.39, 0.29) is 32.6 Å². The number of benzene rings is 2. The van der Waals surface area contributed by atoms with Crippen LogP contribution in [-0.2, 0) is 38.4 Å². The van der Waals surface area contributed by atoms with Gasteiger partial charge >= 0.3 is 18.2 Å². The van der Waals surface area contributed by atoms with Crippen molar-refractivity contribution in [3.05, 3.63) is 71.3 Å². The van der Waals surface area contributed by atoms with Crippen LogP contribution in [0.5, 0.6) is 0 Å². The van der Waals surface area contributed by atoms with Gasteiger partial charge in [0.05, 0.1) is 12.2 Å². The maximum atomic E-state index is 12.7. The first-order valence-electron chi connectivity index (χ1n) is 11.3. The SMILES string of the molecule is CCCCOC(=O)CCC(NC(=O)OCc1ccccc1)C(=O)NCc1ccc(C(F)(F)F)cc1. The highest BCUT2D eigenvalue weighted by atomic mass is 19.4. The molecule has 0 aliphatic carbocycles. The number of halogens is 3. The zero-order valence-electron chi connectivity index (χ0n) is 19.4. The standard InChI is InChI=1S/C25H29F3N2O5/c1-2-3-15-34-22(31)14-13-21(30-24(33)35-17-19-7-5-4-6-8-19)23(32)29-16-18-9-11-20(12-10-18)25(26,27)28/h4-12,21H,2-3,13-17H2,1H3,(H,29,32)(H,30,33). The highest BCUT2D eigenvalue weighted by Crippen LogP contribution is 2.29. The van der Waals surface area contributed by atoms with Gasteiger partial charge in [-0.05, 0) is 36.1 Å². The Bertz CT molecular complexity index is 950. The zero-order valence-corrected chi connectivity index (χ0v) is 19.4. The van der Waals surface area contributed by atoms with Crippen molar-refractivity contribution in [3.8, 4) is 0 Å². The molecule has 2 aromatic carbocycles. The summed E-state index contributed by atoms with van der Waals surface area (Å²) in [5.74, 6) is -1.11. The molecule has 2 rings (SSSR count). The van der Waals surface area contributed by atoms with Gasteiger partial charge in [0, 0.05) is 13.0 Å². The molecule has 0 aliphatic rings. The van der Waals surface area contributed by atoms with Gasteiger partial charge in [-0.15, -0.1) is 0 Å². The number of carbonyl (C=O) groups excluding carboxylic acids is 3. The molecule has 10 heteroatoms. The minimum absolute atomic E-state index is 0.00831. The van der Waals surface area contributed by atoms with Crippen molar-refractivity contribution >= 4 is 18.0 Å². The minimum Gasteiger partial charge on any atom is -0.466 e. The van der Waals surface area contributed by atoms with Gasteiger partial charge in [0.2, 0.25) is 5.91 Å². The van der Waals surface area contributed by atoms with Crippen molar-refractivity contribution in [1.29, 1.82) is 0 Å². The van der Waals surface area contributed by atoms with Crippen LogP contribution < -0.4 is 10.6 Å². The van der Waals surface area contributed by atoms with Gasteiger partial charge in [0.1, 0.15) is 12.6 Å². The van der Waals surface area contributed by atoms with E-state index in [9.17, 15) is 27.6 Å². The van der Waals surface area contributed by atoms with E-state index in [2.05, 4.69) is 10.6 Å². The molecule has 2 aromatic rings. The molecule has 0 saturated carbocycles. The third kappa shape index (κ3) is 10.5. The first-order valence-corrected chi connectivity index (χ1v) is 11.3. The number of alkyl halides is 3. The summed E-state index contributed by atoms with van der Waals surface area (Å²) in [6.45, 7) is 2.16. The first kappa shape index (κ1) is 27.7. The van der Waals surface area contributed by atoms with Crippen LogP contribution in [0.2, 0.25) is 0 Å². The minimum atomic E-state index is -4.46. The Morgan fingerprint density at radius 1 is 0.943 bits per heavy atom. The number of rotatable bonds is 12. The summed E-state index contributed by atoms with van der Waals surface area (Å²) >= 11 is 0. The molecule has 2 N–H and O–H groups in total. The number of amides is 2. The van der Waals surface area contributed by atoms with Crippen LogP contribution in [0.4, 0.5) is 18.0 Å². The summed E-state index contributed by atoms with van der Waals surface area (Å²) in [5, 5.41) is 5.02. The Morgan fingerprint density at radius 3 is 2.26 bits per heavy atom. The van der Waals surface area contributed by atoms with E-state index in [1.807, 2.05) is 13.0 Å². The number of unbranched alkanes of at least 4 members (excludes halogenated alkanes) is 1. The Morgan fingerprint density at radius 2 is 1.63 bits per heavy atom. The second-order valence-electron chi connectivity index (χ2n) is 7.78. The third-order valence-electron chi connectivity index (χ3n) is 4.97. The van der Waals surface area contributed by atoms with Crippen molar-refractivity contribution in [1.82, 2.24) is 10.6 Å². The molecule has 0 spiro atoms. The molecule has 1 unspecified atom stereocenters. The summed E-state index contributed by atoms with van der Waals surface area (Å²) in [5.41, 5.74) is 0.399. The molecule has 0 aromatic heterocycles. The molecule has 0 bridgehead atoms. The fraction of sp³-hybridized carbons (Fsp3) is 0.400. The highest BCUT2D eigenvalue weighted by molar-refractivity contribution is 5.86. The van der Waals surface area contributed by atoms with Crippen molar-refractivity contribution in [2.45, 2.75) is 58.0 Å². The van der Waals surface area contributed by atoms with Crippen molar-refractivity contribution in [2.24, 2.45) is 0 Å². The normalized spacial score (nSPS) is 11.9. The summed E-state index contributed by atoms with van der Waals surface area (Å²) in [4.78, 5) is 36.9. The average Bonchev–Trinajstić information content (AvgIpc) is 2.84. The van der Waals surface area contributed by atoms with Crippen LogP contribution in [-0.4, -0.2) is 30.6 Å². The quantitative estimate of drug-likeness (QED) is 0.328. The topological polar surface area (TPSA) is 93.7 Å². The number of alkyl carbamates (subject to hydrolysis) is 1. The second-order valence-corrected chi connectivity index (χ2v) is 7.78. The van der Waals surface area contributed by atoms with Gasteiger partial charge in [0.15, 0.2) is 0 Å². The number of esters is 1. The molecule has 0 radical (unpaired) electrons. The van der Waals surface area contributed by atoms with E-state index < -0.39 is 35.8 Å². The highest BCUT2D eigenvalue weighted by Gasteiger charge is 2.30. The van der Waals surface area contributed by atoms with E-state index in [4.69, 9.17) is 9.47 Å². The Balaban J connectivity index is 1.94. The van der Waals surface area contributed by atoms with Gasteiger partial charge in [-0.25, -0.2) is 4.79 Å². The Labute approximate surface area is 202 Å². The van der Waals surface area contributed by atoms with Crippen LogP contribution in [0.1, 0.15) is 49.3 Å². The predicted molar refractivity (Wildman–Crippen MR) is 122 cm³/mol. The van der Waals surface area contributed by atoms with E-state index in [0.29, 0.717) is 12.0 Å². The Hall–Kier alpha value is -3.56. The lowest BCUT2D eigenvalue weighted by molar-refractivity contribution is -0.144. The summed E-state index contributed by atoms with van der Waals surface area (Å²) in [7, 11) is 0. The monoisotopic (exact) mass is 494 g/mol. The fourth-order valence-corrected chi connectivity index (χ4v) is 2.96. The maximum Gasteiger partial charge on any atom is 0.416 e. The van der Waals surface area contributed by atoms with Crippen LogP contribution in [0.3, 0.4) is 0 Å². The van der Waals surface area contributed by atoms with Gasteiger partial charge in [-0.3, -0.25) is 9.59 Å². The van der Waals surface area contributed by atoms with Crippen molar-refractivity contribution in [2.75, 3.05) is 6.61 Å². The molecule has 0 saturated heterocycles. The molecule has 0 fully saturated rings. The lowest BCUT2D eigenvalue weighted by atomic mass is 10.1. The average molecular weight is 495 g/mol. The molecule has 0 aliphatic heterocycles. The molecule has 35 heavy (non-hydrogen) atoms. The maximum absolute atomic E-state index is 12.7. The van der Waals surface area contributed by atoms with Crippen LogP contribution in [0.25, 0.3) is 0 Å². The lowest BCUT2D eigenvalue weighted by Crippen LogP contribution is -2.47. The van der Waals surface area contributed by atoms with Crippen molar-refractivity contribution < 1.29 is 37.0 Å². The Kier molecular flexibility index (Phi) is 11.1. The predicted octanol–water partition coefficient (Wildman–Crippen LogP) is 4.74. The van der Waals surface area contributed by atoms with Gasteiger partial charge in [0.25, 0.3) is 0 Å². The smallest absolute Gasteiger partial charge is 0.416 e. The molecular formula is C25H29F3N2O5. The number of carbonyl (C=O) groups is 3. The lowest BCUT2D eigenvalue weighted by Gasteiger charge is -2.18. The molecular weight excluding hydrogens is 465 g/mol. The van der Waals surface area contributed by atoms with Crippen LogP contribution in [0, 0.1) is 0 Å². The van der Waals surface area contributed by atoms with E-state index >= 15 is 0 Å². The van der Waals surface area contributed by atoms with Crippen molar-refractivity contribution in [3.63, 3.8) is 0 Å². The van der Waals surface area contributed by atoms with E-state index in [0.717, 1.165) is 24.1 Å². The molecule has 2 amide bonds. The molecule has 7 nitrogen and oxygen atoms in total.